The molecule has 4 nitrogen and oxygen atoms in total. The molecule has 0 radical (unpaired) electrons. The molecule has 3 N–H and O–H groups in total. The highest BCUT2D eigenvalue weighted by Crippen LogP contribution is 2.24. The van der Waals surface area contributed by atoms with Crippen molar-refractivity contribution in [2.24, 2.45) is 0 Å². The molecule has 0 aliphatic heterocycles. The molecule has 0 bridgehead atoms. The van der Waals surface area contributed by atoms with Crippen molar-refractivity contribution in [2.75, 3.05) is 11.1 Å². The molecule has 0 saturated carbocycles. The summed E-state index contributed by atoms with van der Waals surface area (Å²) in [7, 11) is 0. The number of halogens is 1. The van der Waals surface area contributed by atoms with Crippen LogP contribution < -0.4 is 11.1 Å². The topological polar surface area (TPSA) is 63.8 Å². The van der Waals surface area contributed by atoms with Crippen LogP contribution in [0.15, 0.2) is 42.5 Å². The Morgan fingerprint density at radius 2 is 1.90 bits per heavy atom. The predicted octanol–water partition coefficient (Wildman–Crippen LogP) is 3.92. The Bertz CT molecular complexity index is 786. The van der Waals surface area contributed by atoms with Gasteiger partial charge >= 0.3 is 0 Å². The van der Waals surface area contributed by atoms with Crippen LogP contribution in [0.1, 0.15) is 5.56 Å². The maximum Gasteiger partial charge on any atom is 0.229 e. The first kappa shape index (κ1) is 12.7. The van der Waals surface area contributed by atoms with Gasteiger partial charge in [-0.25, -0.2) is 4.98 Å². The molecule has 5 heteroatoms. The summed E-state index contributed by atoms with van der Waals surface area (Å²) in [5.74, 6) is 0.941. The van der Waals surface area contributed by atoms with Crippen LogP contribution in [0.5, 0.6) is 0 Å². The molecular weight excluding hydrogens is 272 g/mol. The summed E-state index contributed by atoms with van der Waals surface area (Å²) >= 11 is 5.94. The fourth-order valence-corrected chi connectivity index (χ4v) is 2.27. The Labute approximate surface area is 121 Å². The second-order valence-electron chi connectivity index (χ2n) is 4.53. The Morgan fingerprint density at radius 1 is 1.10 bits per heavy atom. The number of nitrogens with two attached hydrogens (primary N) is 1. The third-order valence-corrected chi connectivity index (χ3v) is 3.30. The van der Waals surface area contributed by atoms with Gasteiger partial charge in [-0.05, 0) is 42.8 Å². The monoisotopic (exact) mass is 284 g/mol. The molecule has 1 aromatic heterocycles. The minimum Gasteiger partial charge on any atom is -0.383 e. The SMILES string of the molecule is Cc1cc(Cl)ccc1Nc1nc(N)c2ccccc2n1. The number of aryl methyl sites for hydroxylation is 1. The molecule has 0 aliphatic carbocycles. The van der Waals surface area contributed by atoms with E-state index in [1.54, 1.807) is 0 Å². The van der Waals surface area contributed by atoms with Crippen molar-refractivity contribution >= 4 is 40.0 Å². The number of para-hydroxylation sites is 1. The van der Waals surface area contributed by atoms with E-state index in [-0.39, 0.29) is 0 Å². The maximum atomic E-state index is 5.96. The van der Waals surface area contributed by atoms with E-state index in [2.05, 4.69) is 15.3 Å². The van der Waals surface area contributed by atoms with Gasteiger partial charge in [-0.15, -0.1) is 0 Å². The number of nitrogens with zero attached hydrogens (tertiary/aromatic N) is 2. The molecule has 0 amide bonds. The molecule has 2 aromatic carbocycles. The van der Waals surface area contributed by atoms with Crippen molar-refractivity contribution in [3.63, 3.8) is 0 Å². The minimum atomic E-state index is 0.463. The first-order valence-electron chi connectivity index (χ1n) is 6.19. The van der Waals surface area contributed by atoms with Crippen LogP contribution in [0.4, 0.5) is 17.5 Å². The highest BCUT2D eigenvalue weighted by molar-refractivity contribution is 6.30. The Kier molecular flexibility index (Phi) is 3.16. The summed E-state index contributed by atoms with van der Waals surface area (Å²) in [5, 5.41) is 4.73. The summed E-state index contributed by atoms with van der Waals surface area (Å²) in [5.41, 5.74) is 8.70. The van der Waals surface area contributed by atoms with Crippen LogP contribution in [0.25, 0.3) is 10.9 Å². The van der Waals surface area contributed by atoms with Crippen LogP contribution in [-0.2, 0) is 0 Å². The van der Waals surface area contributed by atoms with Gasteiger partial charge in [0.1, 0.15) is 5.82 Å². The van der Waals surface area contributed by atoms with Crippen molar-refractivity contribution in [1.82, 2.24) is 9.97 Å². The van der Waals surface area contributed by atoms with Gasteiger partial charge in [0.15, 0.2) is 0 Å². The zero-order valence-corrected chi connectivity index (χ0v) is 11.6. The number of benzene rings is 2. The van der Waals surface area contributed by atoms with Gasteiger partial charge in [0, 0.05) is 16.1 Å². The van der Waals surface area contributed by atoms with Crippen LogP contribution in [0.2, 0.25) is 5.02 Å². The van der Waals surface area contributed by atoms with Gasteiger partial charge in [-0.1, -0.05) is 23.7 Å². The molecule has 0 spiro atoms. The number of nitrogens with one attached hydrogen (secondary N) is 1. The van der Waals surface area contributed by atoms with Crippen molar-refractivity contribution in [1.29, 1.82) is 0 Å². The number of hydrogen-bond donors (Lipinski definition) is 2. The molecule has 100 valence electrons. The van der Waals surface area contributed by atoms with E-state index < -0.39 is 0 Å². The lowest BCUT2D eigenvalue weighted by atomic mass is 10.2. The zero-order chi connectivity index (χ0) is 14.1. The fourth-order valence-electron chi connectivity index (χ4n) is 2.04. The van der Waals surface area contributed by atoms with Gasteiger partial charge in [0.05, 0.1) is 5.52 Å². The van der Waals surface area contributed by atoms with Crippen LogP contribution in [-0.4, -0.2) is 9.97 Å². The third-order valence-electron chi connectivity index (χ3n) is 3.07. The smallest absolute Gasteiger partial charge is 0.229 e. The number of anilines is 3. The molecule has 3 aromatic rings. The van der Waals surface area contributed by atoms with Crippen LogP contribution >= 0.6 is 11.6 Å². The van der Waals surface area contributed by atoms with Crippen molar-refractivity contribution in [3.8, 4) is 0 Å². The van der Waals surface area contributed by atoms with E-state index in [1.807, 2.05) is 49.4 Å². The van der Waals surface area contributed by atoms with Gasteiger partial charge in [-0.3, -0.25) is 0 Å². The lowest BCUT2D eigenvalue weighted by molar-refractivity contribution is 1.21. The molecule has 0 atom stereocenters. The van der Waals surface area contributed by atoms with E-state index in [4.69, 9.17) is 17.3 Å². The molecule has 0 unspecified atom stereocenters. The molecular formula is C15H13ClN4. The van der Waals surface area contributed by atoms with E-state index in [1.165, 1.54) is 0 Å². The average Bonchev–Trinajstić information content (AvgIpc) is 2.42. The molecule has 0 saturated heterocycles. The average molecular weight is 285 g/mol. The lowest BCUT2D eigenvalue weighted by Crippen LogP contribution is -2.02. The van der Waals surface area contributed by atoms with E-state index in [9.17, 15) is 0 Å². The summed E-state index contributed by atoms with van der Waals surface area (Å²) in [4.78, 5) is 8.74. The standard InChI is InChI=1S/C15H13ClN4/c1-9-8-10(16)6-7-12(9)18-15-19-13-5-3-2-4-11(13)14(17)20-15/h2-8H,1H3,(H3,17,18,19,20). The summed E-state index contributed by atoms with van der Waals surface area (Å²) in [6, 6.07) is 13.3. The van der Waals surface area contributed by atoms with E-state index in [0.29, 0.717) is 16.8 Å². The Balaban J connectivity index is 2.02. The van der Waals surface area contributed by atoms with Crippen LogP contribution in [0.3, 0.4) is 0 Å². The first-order chi connectivity index (χ1) is 9.63. The maximum absolute atomic E-state index is 5.96. The van der Waals surface area contributed by atoms with Gasteiger partial charge in [0.2, 0.25) is 5.95 Å². The zero-order valence-electron chi connectivity index (χ0n) is 10.9. The first-order valence-corrected chi connectivity index (χ1v) is 6.57. The predicted molar refractivity (Wildman–Crippen MR) is 83.4 cm³/mol. The van der Waals surface area contributed by atoms with Crippen molar-refractivity contribution in [2.45, 2.75) is 6.92 Å². The molecule has 3 rings (SSSR count). The van der Waals surface area contributed by atoms with Crippen molar-refractivity contribution in [3.05, 3.63) is 53.1 Å². The highest BCUT2D eigenvalue weighted by Gasteiger charge is 2.06. The highest BCUT2D eigenvalue weighted by atomic mass is 35.5. The van der Waals surface area contributed by atoms with Gasteiger partial charge < -0.3 is 11.1 Å². The summed E-state index contributed by atoms with van der Waals surface area (Å²) < 4.78 is 0. The van der Waals surface area contributed by atoms with Gasteiger partial charge in [-0.2, -0.15) is 4.98 Å². The fraction of sp³-hybridized carbons (Fsp3) is 0.0667. The van der Waals surface area contributed by atoms with E-state index >= 15 is 0 Å². The lowest BCUT2D eigenvalue weighted by Gasteiger charge is -2.10. The summed E-state index contributed by atoms with van der Waals surface area (Å²) in [6.45, 7) is 1.97. The summed E-state index contributed by atoms with van der Waals surface area (Å²) in [6.07, 6.45) is 0. The molecule has 20 heavy (non-hydrogen) atoms. The number of nitrogen functional groups attached to an aromatic ring is 1. The number of aromatic nitrogens is 2. The largest absolute Gasteiger partial charge is 0.383 e. The quantitative estimate of drug-likeness (QED) is 0.749. The van der Waals surface area contributed by atoms with Gasteiger partial charge in [0.25, 0.3) is 0 Å². The molecule has 1 heterocycles. The normalized spacial score (nSPS) is 10.7. The van der Waals surface area contributed by atoms with E-state index in [0.717, 1.165) is 22.2 Å². The Morgan fingerprint density at radius 3 is 2.70 bits per heavy atom. The molecule has 0 fully saturated rings. The second kappa shape index (κ2) is 4.98. The minimum absolute atomic E-state index is 0.463. The number of hydrogen-bond acceptors (Lipinski definition) is 4. The molecule has 0 aliphatic rings. The Hall–Kier alpha value is -2.33. The second-order valence-corrected chi connectivity index (χ2v) is 4.97. The van der Waals surface area contributed by atoms with Crippen LogP contribution in [0, 0.1) is 6.92 Å². The number of rotatable bonds is 2. The van der Waals surface area contributed by atoms with Crippen molar-refractivity contribution < 1.29 is 0 Å². The third kappa shape index (κ3) is 2.38. The number of fused-ring (bicyclic) bond motifs is 1.